The van der Waals surface area contributed by atoms with Gasteiger partial charge in [-0.25, -0.2) is 0 Å². The molecule has 1 aromatic carbocycles. The van der Waals surface area contributed by atoms with Crippen LogP contribution in [0.5, 0.6) is 5.75 Å². The molecule has 0 aliphatic heterocycles. The molecule has 1 nitrogen and oxygen atoms in total. The second-order valence-corrected chi connectivity index (χ2v) is 2.99. The quantitative estimate of drug-likeness (QED) is 0.513. The van der Waals surface area contributed by atoms with Crippen LogP contribution in [0, 0.1) is 6.92 Å². The van der Waals surface area contributed by atoms with Gasteiger partial charge in [-0.15, -0.1) is 25.3 Å². The van der Waals surface area contributed by atoms with Crippen LogP contribution >= 0.6 is 25.3 Å². The summed E-state index contributed by atoms with van der Waals surface area (Å²) in [7, 11) is 0. The van der Waals surface area contributed by atoms with E-state index in [1.54, 1.807) is 12.1 Å². The minimum Gasteiger partial charge on any atom is -0.507 e. The molecule has 0 bridgehead atoms. The average molecular weight is 172 g/mol. The van der Waals surface area contributed by atoms with E-state index in [9.17, 15) is 0 Å². The molecule has 0 amide bonds. The molecule has 3 heteroatoms. The lowest BCUT2D eigenvalue weighted by Gasteiger charge is -2.03. The molecule has 0 spiro atoms. The van der Waals surface area contributed by atoms with Crippen LogP contribution in [0.3, 0.4) is 0 Å². The number of phenolic OH excluding ortho intramolecular Hbond substituents is 1. The summed E-state index contributed by atoms with van der Waals surface area (Å²) in [5.74, 6) is 0.180. The second kappa shape index (κ2) is 2.76. The highest BCUT2D eigenvalue weighted by atomic mass is 32.1. The number of benzene rings is 1. The van der Waals surface area contributed by atoms with Crippen LogP contribution in [-0.4, -0.2) is 5.11 Å². The molecule has 0 saturated heterocycles. The summed E-state index contributed by atoms with van der Waals surface area (Å²) in [6, 6.07) is 3.41. The Hall–Kier alpha value is -0.280. The Labute approximate surface area is 70.9 Å². The number of phenols is 1. The topological polar surface area (TPSA) is 20.2 Å². The molecule has 10 heavy (non-hydrogen) atoms. The maximum Gasteiger partial charge on any atom is 0.130 e. The summed E-state index contributed by atoms with van der Waals surface area (Å²) >= 11 is 8.20. The molecule has 0 heterocycles. The zero-order valence-corrected chi connectivity index (χ0v) is 7.29. The van der Waals surface area contributed by atoms with E-state index >= 15 is 0 Å². The summed E-state index contributed by atoms with van der Waals surface area (Å²) in [6.45, 7) is 1.92. The van der Waals surface area contributed by atoms with Gasteiger partial charge in [0.25, 0.3) is 0 Å². The Morgan fingerprint density at radius 2 is 1.80 bits per heavy atom. The third-order valence-corrected chi connectivity index (χ3v) is 2.54. The normalized spacial score (nSPS) is 9.90. The van der Waals surface area contributed by atoms with E-state index in [1.165, 1.54) is 0 Å². The fourth-order valence-electron chi connectivity index (χ4n) is 0.670. The zero-order valence-electron chi connectivity index (χ0n) is 5.50. The minimum atomic E-state index is 0.180. The van der Waals surface area contributed by atoms with Gasteiger partial charge < -0.3 is 5.11 Å². The van der Waals surface area contributed by atoms with E-state index in [2.05, 4.69) is 25.3 Å². The van der Waals surface area contributed by atoms with Crippen LogP contribution in [0.1, 0.15) is 5.56 Å². The van der Waals surface area contributed by atoms with Gasteiger partial charge in [-0.3, -0.25) is 0 Å². The molecule has 54 valence electrons. The van der Waals surface area contributed by atoms with Gasteiger partial charge in [0.1, 0.15) is 5.75 Å². The van der Waals surface area contributed by atoms with Crippen LogP contribution in [0.15, 0.2) is 21.9 Å². The summed E-state index contributed by atoms with van der Waals surface area (Å²) in [6.07, 6.45) is 0. The monoisotopic (exact) mass is 172 g/mol. The van der Waals surface area contributed by atoms with E-state index in [0.717, 1.165) is 10.5 Å². The highest BCUT2D eigenvalue weighted by Gasteiger charge is 2.01. The lowest BCUT2D eigenvalue weighted by atomic mass is 10.2. The van der Waals surface area contributed by atoms with Crippen molar-refractivity contribution in [1.82, 2.24) is 0 Å². The molecule has 0 radical (unpaired) electrons. The first kappa shape index (κ1) is 7.82. The lowest BCUT2D eigenvalue weighted by Crippen LogP contribution is -1.78. The number of hydrogen-bond acceptors (Lipinski definition) is 3. The molecule has 0 saturated carbocycles. The molecule has 0 aromatic heterocycles. The van der Waals surface area contributed by atoms with E-state index in [0.29, 0.717) is 4.90 Å². The van der Waals surface area contributed by atoms with E-state index in [1.807, 2.05) is 6.92 Å². The van der Waals surface area contributed by atoms with Gasteiger partial charge in [0.05, 0.1) is 4.90 Å². The van der Waals surface area contributed by atoms with Gasteiger partial charge >= 0.3 is 0 Å². The maximum atomic E-state index is 9.10. The molecule has 1 N–H and O–H groups in total. The lowest BCUT2D eigenvalue weighted by molar-refractivity contribution is 0.459. The van der Waals surface area contributed by atoms with E-state index in [4.69, 9.17) is 5.11 Å². The predicted molar refractivity (Wildman–Crippen MR) is 47.3 cm³/mol. The first-order valence-corrected chi connectivity index (χ1v) is 3.73. The molecule has 1 rings (SSSR count). The number of rotatable bonds is 0. The Kier molecular flexibility index (Phi) is 2.16. The Bertz CT molecular complexity index is 231. The fourth-order valence-corrected chi connectivity index (χ4v) is 1.11. The first-order valence-electron chi connectivity index (χ1n) is 2.83. The highest BCUT2D eigenvalue weighted by Crippen LogP contribution is 2.29. The molecule has 1 aromatic rings. The van der Waals surface area contributed by atoms with Crippen LogP contribution in [0.2, 0.25) is 0 Å². The van der Waals surface area contributed by atoms with Crippen molar-refractivity contribution in [3.05, 3.63) is 17.7 Å². The van der Waals surface area contributed by atoms with Crippen molar-refractivity contribution >= 4 is 25.3 Å². The minimum absolute atomic E-state index is 0.180. The third-order valence-electron chi connectivity index (χ3n) is 1.33. The van der Waals surface area contributed by atoms with Gasteiger partial charge in [0, 0.05) is 4.90 Å². The largest absolute Gasteiger partial charge is 0.507 e. The Balaban J connectivity index is 3.34. The molecule has 0 unspecified atom stereocenters. The van der Waals surface area contributed by atoms with Gasteiger partial charge in [-0.2, -0.15) is 0 Å². The molecule has 0 aliphatic carbocycles. The van der Waals surface area contributed by atoms with E-state index in [-0.39, 0.29) is 5.75 Å². The maximum absolute atomic E-state index is 9.10. The van der Waals surface area contributed by atoms with Crippen LogP contribution in [0.4, 0.5) is 0 Å². The van der Waals surface area contributed by atoms with Crippen molar-refractivity contribution in [3.63, 3.8) is 0 Å². The van der Waals surface area contributed by atoms with Gasteiger partial charge in [0.2, 0.25) is 0 Å². The summed E-state index contributed by atoms with van der Waals surface area (Å²) in [5.41, 5.74) is 1.02. The highest BCUT2D eigenvalue weighted by molar-refractivity contribution is 7.83. The fraction of sp³-hybridized carbons (Fsp3) is 0.143. The van der Waals surface area contributed by atoms with Crippen molar-refractivity contribution in [2.75, 3.05) is 0 Å². The number of thiol groups is 2. The van der Waals surface area contributed by atoms with Gasteiger partial charge in [-0.05, 0) is 18.6 Å². The Morgan fingerprint density at radius 1 is 1.20 bits per heavy atom. The van der Waals surface area contributed by atoms with Crippen molar-refractivity contribution in [2.24, 2.45) is 0 Å². The van der Waals surface area contributed by atoms with Crippen LogP contribution in [0.25, 0.3) is 0 Å². The molecular formula is C7H8OS2. The van der Waals surface area contributed by atoms with Crippen molar-refractivity contribution in [3.8, 4) is 5.75 Å². The summed E-state index contributed by atoms with van der Waals surface area (Å²) in [4.78, 5) is 1.28. The smallest absolute Gasteiger partial charge is 0.130 e. The number of aryl methyl sites for hydroxylation is 1. The van der Waals surface area contributed by atoms with Gasteiger partial charge in [-0.1, -0.05) is 6.07 Å². The standard InChI is InChI=1S/C7H8OS2/c1-4-2-3-5(8)7(10)6(4)9/h2-3,8-10H,1H3. The van der Waals surface area contributed by atoms with Crippen LogP contribution < -0.4 is 0 Å². The number of hydrogen-bond donors (Lipinski definition) is 3. The van der Waals surface area contributed by atoms with E-state index < -0.39 is 0 Å². The third kappa shape index (κ3) is 1.25. The van der Waals surface area contributed by atoms with Gasteiger partial charge in [0.15, 0.2) is 0 Å². The molecule has 0 aliphatic rings. The molecular weight excluding hydrogens is 164 g/mol. The number of aromatic hydroxyl groups is 1. The first-order chi connectivity index (χ1) is 4.63. The zero-order chi connectivity index (χ0) is 7.72. The van der Waals surface area contributed by atoms with Crippen molar-refractivity contribution < 1.29 is 5.11 Å². The Morgan fingerprint density at radius 3 is 2.30 bits per heavy atom. The molecule has 0 fully saturated rings. The van der Waals surface area contributed by atoms with Crippen molar-refractivity contribution in [2.45, 2.75) is 16.7 Å². The van der Waals surface area contributed by atoms with Crippen molar-refractivity contribution in [1.29, 1.82) is 0 Å². The predicted octanol–water partition coefficient (Wildman–Crippen LogP) is 2.28. The second-order valence-electron chi connectivity index (χ2n) is 2.10. The summed E-state index contributed by atoms with van der Waals surface area (Å²) in [5, 5.41) is 9.10. The SMILES string of the molecule is Cc1ccc(O)c(S)c1S. The average Bonchev–Trinajstić information content (AvgIpc) is 1.93. The van der Waals surface area contributed by atoms with Crippen LogP contribution in [-0.2, 0) is 0 Å². The molecule has 0 atom stereocenters. The summed E-state index contributed by atoms with van der Waals surface area (Å²) < 4.78 is 0.